The van der Waals surface area contributed by atoms with Crippen molar-refractivity contribution >= 4 is 23.3 Å². The molecule has 0 radical (unpaired) electrons. The largest absolute Gasteiger partial charge is 0.754 e. The Bertz CT molecular complexity index is 190. The molecule has 0 heterocycles. The molecule has 0 aromatic rings. The number of hydrogen-bond donors (Lipinski definition) is 3. The van der Waals surface area contributed by atoms with Gasteiger partial charge in [0.2, 0.25) is 0 Å². The number of primary amides is 2. The summed E-state index contributed by atoms with van der Waals surface area (Å²) < 4.78 is 19.9. The quantitative estimate of drug-likeness (QED) is 0.310. The fourth-order valence-corrected chi connectivity index (χ4v) is 0.577. The summed E-state index contributed by atoms with van der Waals surface area (Å²) in [5, 5.41) is 0. The second kappa shape index (κ2) is 3.73. The topological polar surface area (TPSA) is 142 Å². The van der Waals surface area contributed by atoms with Gasteiger partial charge in [-0.2, -0.15) is 4.41 Å². The Kier molecular flexibility index (Phi) is 3.27. The van der Waals surface area contributed by atoms with E-state index in [0.29, 0.717) is 0 Å². The van der Waals surface area contributed by atoms with Gasteiger partial charge < -0.3 is 16.0 Å². The number of nitrogens with two attached hydrogens (primary N) is 2. The summed E-state index contributed by atoms with van der Waals surface area (Å²) in [5.41, 5.74) is 10.5. The molecule has 1 atom stereocenters. The van der Waals surface area contributed by atoms with E-state index in [4.69, 9.17) is 0 Å². The number of nitrogens with zero attached hydrogens (tertiary/aromatic N) is 1. The zero-order valence-corrected chi connectivity index (χ0v) is 5.96. The highest BCUT2D eigenvalue weighted by atomic mass is 32.2. The predicted octanol–water partition coefficient (Wildman–Crippen LogP) is -2.26. The molecule has 4 amide bonds. The fraction of sp³-hybridized carbons (Fsp3) is 0. The third kappa shape index (κ3) is 3.37. The van der Waals surface area contributed by atoms with Gasteiger partial charge >= 0.3 is 12.1 Å². The summed E-state index contributed by atoms with van der Waals surface area (Å²) >= 11 is -2.96. The van der Waals surface area contributed by atoms with Crippen LogP contribution in [0.25, 0.3) is 0 Å². The van der Waals surface area contributed by atoms with Crippen molar-refractivity contribution in [1.29, 1.82) is 0 Å². The highest BCUT2D eigenvalue weighted by Gasteiger charge is 2.10. The second-order valence-corrected chi connectivity index (χ2v) is 2.13. The van der Waals surface area contributed by atoms with Gasteiger partial charge in [0.25, 0.3) is 0 Å². The van der Waals surface area contributed by atoms with Crippen molar-refractivity contribution in [1.82, 2.24) is 9.84 Å². The van der Waals surface area contributed by atoms with Gasteiger partial charge in [-0.3, -0.25) is 0 Å². The first-order valence-corrected chi connectivity index (χ1v) is 3.23. The normalized spacial score (nSPS) is 11.7. The van der Waals surface area contributed by atoms with Crippen molar-refractivity contribution < 1.29 is 18.4 Å². The van der Waals surface area contributed by atoms with Crippen molar-refractivity contribution in [3.05, 3.63) is 0 Å². The predicted molar refractivity (Wildman–Crippen MR) is 33.1 cm³/mol. The van der Waals surface area contributed by atoms with Crippen LogP contribution in [-0.2, 0) is 11.3 Å². The maximum absolute atomic E-state index is 10.2. The lowest BCUT2D eigenvalue weighted by atomic mass is 11.1. The van der Waals surface area contributed by atoms with Gasteiger partial charge in [0.05, 0.1) is 11.3 Å². The minimum absolute atomic E-state index is 0.137. The zero-order valence-electron chi connectivity index (χ0n) is 5.14. The Hall–Kier alpha value is -1.35. The van der Waals surface area contributed by atoms with E-state index in [0.717, 1.165) is 0 Å². The third-order valence-electron chi connectivity index (χ3n) is 0.561. The van der Waals surface area contributed by atoms with E-state index in [1.165, 1.54) is 5.43 Å². The van der Waals surface area contributed by atoms with Crippen LogP contribution < -0.4 is 16.9 Å². The molecule has 8 nitrogen and oxygen atoms in total. The van der Waals surface area contributed by atoms with E-state index in [-0.39, 0.29) is 4.41 Å². The molecule has 11 heavy (non-hydrogen) atoms. The number of urea groups is 2. The average Bonchev–Trinajstić information content (AvgIpc) is 1.81. The smallest absolute Gasteiger partial charge is 0.345 e. The van der Waals surface area contributed by atoms with Crippen molar-refractivity contribution in [2.45, 2.75) is 0 Å². The van der Waals surface area contributed by atoms with Crippen LogP contribution >= 0.6 is 0 Å². The number of carbonyl (C=O) groups is 2. The molecular formula is C2H5N4O4S-. The Morgan fingerprint density at radius 1 is 1.45 bits per heavy atom. The average molecular weight is 181 g/mol. The molecule has 0 aromatic heterocycles. The lowest BCUT2D eigenvalue weighted by Crippen LogP contribution is -2.51. The highest BCUT2D eigenvalue weighted by molar-refractivity contribution is 7.77. The summed E-state index contributed by atoms with van der Waals surface area (Å²) in [6, 6.07) is -2.55. The van der Waals surface area contributed by atoms with E-state index >= 15 is 0 Å². The molecule has 1 unspecified atom stereocenters. The van der Waals surface area contributed by atoms with Gasteiger partial charge in [-0.1, -0.05) is 0 Å². The highest BCUT2D eigenvalue weighted by Crippen LogP contribution is 1.84. The first kappa shape index (κ1) is 9.65. The summed E-state index contributed by atoms with van der Waals surface area (Å²) in [6.07, 6.45) is 0. The first-order chi connectivity index (χ1) is 4.95. The second-order valence-electron chi connectivity index (χ2n) is 1.33. The van der Waals surface area contributed by atoms with Gasteiger partial charge in [-0.15, -0.1) is 0 Å². The SMILES string of the molecule is NC(=O)NN(C(N)=O)S(=O)[O-]. The first-order valence-electron chi connectivity index (χ1n) is 2.20. The zero-order chi connectivity index (χ0) is 9.02. The molecule has 0 aromatic carbocycles. The molecular weight excluding hydrogens is 176 g/mol. The molecule has 0 rings (SSSR count). The molecule has 0 saturated carbocycles. The fourth-order valence-electron chi connectivity index (χ4n) is 0.266. The van der Waals surface area contributed by atoms with Crippen LogP contribution in [0.5, 0.6) is 0 Å². The van der Waals surface area contributed by atoms with Crippen molar-refractivity contribution in [3.63, 3.8) is 0 Å². The lowest BCUT2D eigenvalue weighted by Gasteiger charge is -2.20. The summed E-state index contributed by atoms with van der Waals surface area (Å²) in [5.74, 6) is 0. The van der Waals surface area contributed by atoms with Crippen molar-refractivity contribution in [3.8, 4) is 0 Å². The molecule has 64 valence electrons. The van der Waals surface area contributed by atoms with Crippen LogP contribution in [0.3, 0.4) is 0 Å². The number of hydrazine groups is 1. The van der Waals surface area contributed by atoms with Gasteiger partial charge in [0, 0.05) is 0 Å². The minimum Gasteiger partial charge on any atom is -0.754 e. The maximum Gasteiger partial charge on any atom is 0.345 e. The maximum atomic E-state index is 10.2. The monoisotopic (exact) mass is 181 g/mol. The molecule has 5 N–H and O–H groups in total. The van der Waals surface area contributed by atoms with Crippen LogP contribution in [0, 0.1) is 0 Å². The molecule has 0 fully saturated rings. The Morgan fingerprint density at radius 3 is 2.00 bits per heavy atom. The number of nitrogens with one attached hydrogen (secondary N) is 1. The number of hydrogen-bond acceptors (Lipinski definition) is 4. The van der Waals surface area contributed by atoms with Gasteiger partial charge in [0.15, 0.2) is 0 Å². The van der Waals surface area contributed by atoms with Crippen molar-refractivity contribution in [2.24, 2.45) is 11.5 Å². The van der Waals surface area contributed by atoms with Gasteiger partial charge in [0.1, 0.15) is 0 Å². The molecule has 0 aliphatic heterocycles. The molecule has 0 bridgehead atoms. The van der Waals surface area contributed by atoms with Crippen LogP contribution in [-0.4, -0.2) is 25.2 Å². The van der Waals surface area contributed by atoms with Gasteiger partial charge in [-0.25, -0.2) is 19.2 Å². The molecule has 0 saturated heterocycles. The van der Waals surface area contributed by atoms with Crippen LogP contribution in [0.1, 0.15) is 0 Å². The van der Waals surface area contributed by atoms with Crippen molar-refractivity contribution in [2.75, 3.05) is 0 Å². The van der Waals surface area contributed by atoms with Crippen LogP contribution in [0.15, 0.2) is 0 Å². The number of rotatable bonds is 1. The summed E-state index contributed by atoms with van der Waals surface area (Å²) in [6.45, 7) is 0. The molecule has 0 spiro atoms. The standard InChI is InChI=1S/C2H6N4O4S/c3-1(7)5-6(2(4)8)11(9)10/h(H2,4,8)(H,9,10)(H3,3,5,7)/p-1. The number of amides is 4. The molecule has 0 aliphatic carbocycles. The number of carbonyl (C=O) groups excluding carboxylic acids is 2. The molecule has 0 aliphatic rings. The van der Waals surface area contributed by atoms with E-state index in [9.17, 15) is 18.4 Å². The molecule has 9 heteroatoms. The summed E-state index contributed by atoms with van der Waals surface area (Å²) in [4.78, 5) is 20.2. The van der Waals surface area contributed by atoms with Crippen LogP contribution in [0.4, 0.5) is 9.59 Å². The van der Waals surface area contributed by atoms with Crippen LogP contribution in [0.2, 0.25) is 0 Å². The van der Waals surface area contributed by atoms with Gasteiger partial charge in [-0.05, 0) is 0 Å². The Morgan fingerprint density at radius 2 is 1.91 bits per heavy atom. The van der Waals surface area contributed by atoms with E-state index < -0.39 is 23.3 Å². The Labute approximate surface area is 63.9 Å². The van der Waals surface area contributed by atoms with E-state index in [2.05, 4.69) is 11.5 Å². The lowest BCUT2D eigenvalue weighted by molar-refractivity contribution is 0.208. The van der Waals surface area contributed by atoms with E-state index in [1.54, 1.807) is 0 Å². The Balaban J connectivity index is 4.23. The third-order valence-corrected chi connectivity index (χ3v) is 1.13. The minimum atomic E-state index is -2.96. The van der Waals surface area contributed by atoms with E-state index in [1.807, 2.05) is 0 Å². The summed E-state index contributed by atoms with van der Waals surface area (Å²) in [7, 11) is 0.